The van der Waals surface area contributed by atoms with E-state index in [1.807, 2.05) is 27.7 Å². The summed E-state index contributed by atoms with van der Waals surface area (Å²) < 4.78 is 0. The van der Waals surface area contributed by atoms with Gasteiger partial charge in [0.2, 0.25) is 11.8 Å². The van der Waals surface area contributed by atoms with Gasteiger partial charge in [-0.15, -0.1) is 0 Å². The van der Waals surface area contributed by atoms with Crippen LogP contribution in [0.4, 0.5) is 0 Å². The molecule has 0 radical (unpaired) electrons. The zero-order valence-electron chi connectivity index (χ0n) is 13.3. The highest BCUT2D eigenvalue weighted by atomic mass is 16.3. The van der Waals surface area contributed by atoms with Gasteiger partial charge in [-0.05, 0) is 27.7 Å². The number of aliphatic hydroxyl groups excluding tert-OH is 1. The molecule has 1 N–H and O–H groups in total. The van der Waals surface area contributed by atoms with Gasteiger partial charge in [0.15, 0.2) is 0 Å². The van der Waals surface area contributed by atoms with Crippen LogP contribution in [-0.2, 0) is 9.59 Å². The number of carbonyl (C=O) groups is 2. The van der Waals surface area contributed by atoms with E-state index in [1.54, 1.807) is 14.7 Å². The SMILES string of the molecule is CCN(CC)C(=O)CN(CCO)CC(=O)N(CC)CC. The number of carbonyl (C=O) groups excluding carboxylic acids is 2. The average molecular weight is 287 g/mol. The van der Waals surface area contributed by atoms with Crippen molar-refractivity contribution < 1.29 is 14.7 Å². The van der Waals surface area contributed by atoms with E-state index in [9.17, 15) is 9.59 Å². The molecular weight excluding hydrogens is 258 g/mol. The van der Waals surface area contributed by atoms with Gasteiger partial charge in [0.1, 0.15) is 0 Å². The number of amides is 2. The first-order valence-electron chi connectivity index (χ1n) is 7.42. The molecule has 0 aromatic heterocycles. The Bertz CT molecular complexity index is 263. The van der Waals surface area contributed by atoms with Gasteiger partial charge < -0.3 is 14.9 Å². The van der Waals surface area contributed by atoms with E-state index in [0.29, 0.717) is 32.7 Å². The summed E-state index contributed by atoms with van der Waals surface area (Å²) in [4.78, 5) is 29.3. The van der Waals surface area contributed by atoms with Crippen molar-refractivity contribution >= 4 is 11.8 Å². The number of hydrogen-bond acceptors (Lipinski definition) is 4. The van der Waals surface area contributed by atoms with Crippen molar-refractivity contribution in [2.45, 2.75) is 27.7 Å². The Kier molecular flexibility index (Phi) is 10.0. The third-order valence-electron chi connectivity index (χ3n) is 3.37. The fourth-order valence-corrected chi connectivity index (χ4v) is 2.09. The van der Waals surface area contributed by atoms with E-state index in [2.05, 4.69) is 0 Å². The Morgan fingerprint density at radius 2 is 1.15 bits per heavy atom. The van der Waals surface area contributed by atoms with Crippen LogP contribution in [0.25, 0.3) is 0 Å². The predicted molar refractivity (Wildman–Crippen MR) is 79.4 cm³/mol. The van der Waals surface area contributed by atoms with Gasteiger partial charge in [-0.3, -0.25) is 14.5 Å². The predicted octanol–water partition coefficient (Wildman–Crippen LogP) is 0.0175. The number of hydrogen-bond donors (Lipinski definition) is 1. The van der Waals surface area contributed by atoms with Crippen molar-refractivity contribution in [2.75, 3.05) is 52.4 Å². The highest BCUT2D eigenvalue weighted by Gasteiger charge is 2.19. The minimum atomic E-state index is -0.0585. The third-order valence-corrected chi connectivity index (χ3v) is 3.37. The second kappa shape index (κ2) is 10.6. The van der Waals surface area contributed by atoms with E-state index in [0.717, 1.165) is 0 Å². The smallest absolute Gasteiger partial charge is 0.236 e. The minimum absolute atomic E-state index is 0.00389. The Hall–Kier alpha value is -1.14. The molecule has 0 aliphatic carbocycles. The molecule has 0 aliphatic rings. The van der Waals surface area contributed by atoms with Crippen LogP contribution in [0.2, 0.25) is 0 Å². The largest absolute Gasteiger partial charge is 0.395 e. The quantitative estimate of drug-likeness (QED) is 0.615. The molecule has 6 nitrogen and oxygen atoms in total. The van der Waals surface area contributed by atoms with Crippen molar-refractivity contribution in [3.8, 4) is 0 Å². The first kappa shape index (κ1) is 18.9. The first-order chi connectivity index (χ1) is 9.53. The lowest BCUT2D eigenvalue weighted by Crippen LogP contribution is -2.46. The van der Waals surface area contributed by atoms with Crippen LogP contribution in [0.15, 0.2) is 0 Å². The summed E-state index contributed by atoms with van der Waals surface area (Å²) in [5, 5.41) is 9.08. The molecular formula is C14H29N3O3. The highest BCUT2D eigenvalue weighted by molar-refractivity contribution is 5.81. The van der Waals surface area contributed by atoms with Gasteiger partial charge in [-0.1, -0.05) is 0 Å². The number of rotatable bonds is 10. The molecule has 0 aromatic rings. The Morgan fingerprint density at radius 1 is 0.800 bits per heavy atom. The van der Waals surface area contributed by atoms with Crippen LogP contribution in [0.5, 0.6) is 0 Å². The lowest BCUT2D eigenvalue weighted by atomic mass is 10.3. The van der Waals surface area contributed by atoms with Crippen LogP contribution in [0.3, 0.4) is 0 Å². The standard InChI is InChI=1S/C14H29N3O3/c1-5-16(6-2)13(19)11-15(9-10-18)12-14(20)17(7-3)8-4/h18H,5-12H2,1-4H3. The summed E-state index contributed by atoms with van der Waals surface area (Å²) in [5.74, 6) is -0.00778. The molecule has 0 unspecified atom stereocenters. The van der Waals surface area contributed by atoms with E-state index in [-0.39, 0.29) is 31.5 Å². The second-order valence-corrected chi connectivity index (χ2v) is 4.57. The molecule has 0 rings (SSSR count). The van der Waals surface area contributed by atoms with Gasteiger partial charge in [0.05, 0.1) is 19.7 Å². The first-order valence-corrected chi connectivity index (χ1v) is 7.42. The van der Waals surface area contributed by atoms with Gasteiger partial charge in [-0.2, -0.15) is 0 Å². The van der Waals surface area contributed by atoms with Crippen LogP contribution >= 0.6 is 0 Å². The lowest BCUT2D eigenvalue weighted by Gasteiger charge is -2.27. The molecule has 0 heterocycles. The van der Waals surface area contributed by atoms with Crippen LogP contribution in [-0.4, -0.2) is 84.0 Å². The molecule has 0 aliphatic heterocycles. The molecule has 118 valence electrons. The summed E-state index contributed by atoms with van der Waals surface area (Å²) in [6, 6.07) is 0. The van der Waals surface area contributed by atoms with Gasteiger partial charge in [-0.25, -0.2) is 0 Å². The van der Waals surface area contributed by atoms with Crippen molar-refractivity contribution in [3.63, 3.8) is 0 Å². The molecule has 0 aromatic carbocycles. The van der Waals surface area contributed by atoms with Crippen molar-refractivity contribution in [2.24, 2.45) is 0 Å². The third kappa shape index (κ3) is 6.34. The van der Waals surface area contributed by atoms with Crippen molar-refractivity contribution in [3.05, 3.63) is 0 Å². The minimum Gasteiger partial charge on any atom is -0.395 e. The van der Waals surface area contributed by atoms with Crippen LogP contribution in [0, 0.1) is 0 Å². The highest BCUT2D eigenvalue weighted by Crippen LogP contribution is 1.98. The molecule has 0 bridgehead atoms. The molecule has 0 saturated heterocycles. The molecule has 6 heteroatoms. The Balaban J connectivity index is 4.56. The average Bonchev–Trinajstić information content (AvgIpc) is 2.41. The normalized spacial score (nSPS) is 10.7. The summed E-state index contributed by atoms with van der Waals surface area (Å²) in [7, 11) is 0. The van der Waals surface area contributed by atoms with Gasteiger partial charge in [0, 0.05) is 32.7 Å². The maximum absolute atomic E-state index is 12.1. The zero-order chi connectivity index (χ0) is 15.5. The molecule has 0 saturated carbocycles. The maximum Gasteiger partial charge on any atom is 0.236 e. The summed E-state index contributed by atoms with van der Waals surface area (Å²) in [6.07, 6.45) is 0. The maximum atomic E-state index is 12.1. The van der Waals surface area contributed by atoms with Crippen molar-refractivity contribution in [1.82, 2.24) is 14.7 Å². The van der Waals surface area contributed by atoms with E-state index < -0.39 is 0 Å². The van der Waals surface area contributed by atoms with Gasteiger partial charge >= 0.3 is 0 Å². The second-order valence-electron chi connectivity index (χ2n) is 4.57. The fourth-order valence-electron chi connectivity index (χ4n) is 2.09. The van der Waals surface area contributed by atoms with E-state index in [1.165, 1.54) is 0 Å². The topological polar surface area (TPSA) is 64.1 Å². The molecule has 2 amide bonds. The number of aliphatic hydroxyl groups is 1. The number of likely N-dealkylation sites (N-methyl/N-ethyl adjacent to an activating group) is 2. The van der Waals surface area contributed by atoms with Gasteiger partial charge in [0.25, 0.3) is 0 Å². The Morgan fingerprint density at radius 3 is 1.40 bits per heavy atom. The van der Waals surface area contributed by atoms with E-state index in [4.69, 9.17) is 5.11 Å². The summed E-state index contributed by atoms with van der Waals surface area (Å²) in [5.41, 5.74) is 0. The molecule has 0 spiro atoms. The monoisotopic (exact) mass is 287 g/mol. The number of nitrogens with zero attached hydrogens (tertiary/aromatic N) is 3. The zero-order valence-corrected chi connectivity index (χ0v) is 13.3. The summed E-state index contributed by atoms with van der Waals surface area (Å²) >= 11 is 0. The van der Waals surface area contributed by atoms with Crippen molar-refractivity contribution in [1.29, 1.82) is 0 Å². The van der Waals surface area contributed by atoms with E-state index >= 15 is 0 Å². The summed E-state index contributed by atoms with van der Waals surface area (Å²) in [6.45, 7) is 11.0. The lowest BCUT2D eigenvalue weighted by molar-refractivity contribution is -0.135. The molecule has 0 fully saturated rings. The Labute approximate surface area is 122 Å². The van der Waals surface area contributed by atoms with Crippen LogP contribution in [0.1, 0.15) is 27.7 Å². The fraction of sp³-hybridized carbons (Fsp3) is 0.857. The van der Waals surface area contributed by atoms with Crippen LogP contribution < -0.4 is 0 Å². The molecule has 20 heavy (non-hydrogen) atoms. The molecule has 0 atom stereocenters.